The zero-order valence-corrected chi connectivity index (χ0v) is 14.3. The fraction of sp³-hybridized carbons (Fsp3) is 0.438. The summed E-state index contributed by atoms with van der Waals surface area (Å²) in [5, 5.41) is 5.22. The van der Waals surface area contributed by atoms with Crippen molar-refractivity contribution in [3.8, 4) is 11.5 Å². The van der Waals surface area contributed by atoms with Gasteiger partial charge in [-0.2, -0.15) is 5.10 Å². The number of alkyl halides is 1. The molecule has 21 heavy (non-hydrogen) atoms. The van der Waals surface area contributed by atoms with Crippen LogP contribution in [-0.4, -0.2) is 16.4 Å². The second-order valence-electron chi connectivity index (χ2n) is 4.98. The molecule has 0 radical (unpaired) electrons. The Morgan fingerprint density at radius 1 is 1.24 bits per heavy atom. The quantitative estimate of drug-likeness (QED) is 0.695. The molecular weight excluding hydrogens is 332 g/mol. The van der Waals surface area contributed by atoms with E-state index in [4.69, 9.17) is 9.47 Å². The Kier molecular flexibility index (Phi) is 5.67. The van der Waals surface area contributed by atoms with E-state index in [1.807, 2.05) is 42.1 Å². The average molecular weight is 353 g/mol. The molecule has 4 nitrogen and oxygen atoms in total. The van der Waals surface area contributed by atoms with Crippen LogP contribution in [0, 0.1) is 0 Å². The van der Waals surface area contributed by atoms with E-state index >= 15 is 0 Å². The van der Waals surface area contributed by atoms with Crippen molar-refractivity contribution >= 4 is 15.9 Å². The minimum atomic E-state index is 0.354. The van der Waals surface area contributed by atoms with Gasteiger partial charge in [-0.3, -0.25) is 4.68 Å². The third-order valence-electron chi connectivity index (χ3n) is 3.06. The molecule has 0 fully saturated rings. The van der Waals surface area contributed by atoms with Gasteiger partial charge >= 0.3 is 0 Å². The van der Waals surface area contributed by atoms with Crippen LogP contribution in [0.25, 0.3) is 0 Å². The molecule has 0 spiro atoms. The zero-order valence-electron chi connectivity index (χ0n) is 12.7. The fourth-order valence-corrected chi connectivity index (χ4v) is 2.43. The molecule has 0 unspecified atom stereocenters. The molecule has 0 aliphatic heterocycles. The van der Waals surface area contributed by atoms with Gasteiger partial charge < -0.3 is 9.47 Å². The van der Waals surface area contributed by atoms with E-state index in [1.54, 1.807) is 0 Å². The number of hydrogen-bond donors (Lipinski definition) is 0. The smallest absolute Gasteiger partial charge is 0.165 e. The van der Waals surface area contributed by atoms with Gasteiger partial charge in [-0.25, -0.2) is 0 Å². The van der Waals surface area contributed by atoms with Gasteiger partial charge in [-0.15, -0.1) is 0 Å². The number of halogens is 1. The maximum absolute atomic E-state index is 5.96. The number of para-hydroxylation sites is 1. The summed E-state index contributed by atoms with van der Waals surface area (Å²) in [6.07, 6.45) is 1.98. The number of aromatic nitrogens is 2. The van der Waals surface area contributed by atoms with Gasteiger partial charge in [0.05, 0.1) is 12.3 Å². The first-order valence-corrected chi connectivity index (χ1v) is 8.25. The second kappa shape index (κ2) is 7.50. The Hall–Kier alpha value is -1.49. The van der Waals surface area contributed by atoms with Crippen LogP contribution in [0.3, 0.4) is 0 Å². The number of hydrogen-bond acceptors (Lipinski definition) is 3. The summed E-state index contributed by atoms with van der Waals surface area (Å²) in [5.41, 5.74) is 1.99. The Morgan fingerprint density at radius 3 is 2.67 bits per heavy atom. The molecule has 1 heterocycles. The van der Waals surface area contributed by atoms with Crippen LogP contribution >= 0.6 is 15.9 Å². The number of nitrogens with zero attached hydrogens (tertiary/aromatic N) is 2. The molecule has 2 rings (SSSR count). The third kappa shape index (κ3) is 4.00. The highest BCUT2D eigenvalue weighted by Gasteiger charge is 2.11. The highest BCUT2D eigenvalue weighted by atomic mass is 79.9. The fourth-order valence-electron chi connectivity index (χ4n) is 1.99. The van der Waals surface area contributed by atoms with Crippen LogP contribution in [-0.2, 0) is 11.9 Å². The van der Waals surface area contributed by atoms with E-state index in [2.05, 4.69) is 34.9 Å². The van der Waals surface area contributed by atoms with Crippen molar-refractivity contribution < 1.29 is 9.47 Å². The Morgan fingerprint density at radius 2 is 2.05 bits per heavy atom. The first kappa shape index (κ1) is 15.9. The van der Waals surface area contributed by atoms with Gasteiger partial charge in [-0.1, -0.05) is 28.1 Å². The molecule has 0 aliphatic rings. The van der Waals surface area contributed by atoms with Crippen LogP contribution in [0.4, 0.5) is 0 Å². The molecule has 0 amide bonds. The molecule has 0 saturated heterocycles. The largest absolute Gasteiger partial charge is 0.490 e. The summed E-state index contributed by atoms with van der Waals surface area (Å²) in [7, 11) is 0. The number of ether oxygens (including phenoxy) is 2. The van der Waals surface area contributed by atoms with Gasteiger partial charge in [-0.05, 0) is 32.9 Å². The molecule has 0 saturated carbocycles. The van der Waals surface area contributed by atoms with Crippen molar-refractivity contribution in [2.75, 3.05) is 6.61 Å². The SMILES string of the molecule is CCOc1cccc(CBr)c1OCc1ccn(C(C)C)n1. The summed E-state index contributed by atoms with van der Waals surface area (Å²) in [4.78, 5) is 0. The topological polar surface area (TPSA) is 36.3 Å². The molecule has 0 N–H and O–H groups in total. The maximum Gasteiger partial charge on any atom is 0.165 e. The maximum atomic E-state index is 5.96. The molecule has 1 aromatic carbocycles. The molecule has 1 aromatic heterocycles. The van der Waals surface area contributed by atoms with Gasteiger partial charge in [0.15, 0.2) is 11.5 Å². The summed E-state index contributed by atoms with van der Waals surface area (Å²) in [6.45, 7) is 7.22. The minimum absolute atomic E-state index is 0.354. The van der Waals surface area contributed by atoms with Crippen molar-refractivity contribution in [2.45, 2.75) is 38.8 Å². The lowest BCUT2D eigenvalue weighted by molar-refractivity contribution is 0.263. The van der Waals surface area contributed by atoms with E-state index in [0.717, 1.165) is 28.1 Å². The third-order valence-corrected chi connectivity index (χ3v) is 3.67. The molecule has 5 heteroatoms. The number of rotatable bonds is 7. The summed E-state index contributed by atoms with van der Waals surface area (Å²) < 4.78 is 13.5. The van der Waals surface area contributed by atoms with E-state index in [0.29, 0.717) is 19.3 Å². The molecule has 0 aliphatic carbocycles. The van der Waals surface area contributed by atoms with Gasteiger partial charge in [0.2, 0.25) is 0 Å². The summed E-state index contributed by atoms with van der Waals surface area (Å²) >= 11 is 3.49. The minimum Gasteiger partial charge on any atom is -0.490 e. The van der Waals surface area contributed by atoms with Gasteiger partial charge in [0.1, 0.15) is 6.61 Å². The van der Waals surface area contributed by atoms with Crippen molar-refractivity contribution in [1.82, 2.24) is 9.78 Å². The van der Waals surface area contributed by atoms with Gasteiger partial charge in [0.25, 0.3) is 0 Å². The Balaban J connectivity index is 2.14. The second-order valence-corrected chi connectivity index (χ2v) is 5.54. The first-order valence-electron chi connectivity index (χ1n) is 7.13. The monoisotopic (exact) mass is 352 g/mol. The van der Waals surface area contributed by atoms with Crippen LogP contribution in [0.5, 0.6) is 11.5 Å². The van der Waals surface area contributed by atoms with Crippen LogP contribution in [0.2, 0.25) is 0 Å². The zero-order chi connectivity index (χ0) is 15.2. The molecule has 114 valence electrons. The normalized spacial score (nSPS) is 10.9. The lowest BCUT2D eigenvalue weighted by Gasteiger charge is -2.14. The van der Waals surface area contributed by atoms with Crippen molar-refractivity contribution in [3.63, 3.8) is 0 Å². The Bertz CT molecular complexity index is 581. The highest BCUT2D eigenvalue weighted by molar-refractivity contribution is 9.08. The van der Waals surface area contributed by atoms with Crippen molar-refractivity contribution in [2.24, 2.45) is 0 Å². The molecule has 0 bridgehead atoms. The molecular formula is C16H21BrN2O2. The highest BCUT2D eigenvalue weighted by Crippen LogP contribution is 2.33. The predicted molar refractivity (Wildman–Crippen MR) is 87.2 cm³/mol. The van der Waals surface area contributed by atoms with Crippen LogP contribution < -0.4 is 9.47 Å². The predicted octanol–water partition coefficient (Wildman–Crippen LogP) is 4.34. The van der Waals surface area contributed by atoms with Crippen molar-refractivity contribution in [1.29, 1.82) is 0 Å². The first-order chi connectivity index (χ1) is 10.2. The van der Waals surface area contributed by atoms with Gasteiger partial charge in [0, 0.05) is 23.1 Å². The molecule has 2 aromatic rings. The lowest BCUT2D eigenvalue weighted by Crippen LogP contribution is -2.05. The van der Waals surface area contributed by atoms with Crippen LogP contribution in [0.1, 0.15) is 38.1 Å². The lowest BCUT2D eigenvalue weighted by atomic mass is 10.2. The van der Waals surface area contributed by atoms with E-state index in [-0.39, 0.29) is 0 Å². The van der Waals surface area contributed by atoms with Crippen LogP contribution in [0.15, 0.2) is 30.5 Å². The van der Waals surface area contributed by atoms with E-state index in [1.165, 1.54) is 0 Å². The summed E-state index contributed by atoms with van der Waals surface area (Å²) in [5.74, 6) is 1.56. The summed E-state index contributed by atoms with van der Waals surface area (Å²) in [6, 6.07) is 8.27. The number of benzene rings is 1. The molecule has 0 atom stereocenters. The van der Waals surface area contributed by atoms with E-state index in [9.17, 15) is 0 Å². The van der Waals surface area contributed by atoms with Crippen molar-refractivity contribution in [3.05, 3.63) is 41.7 Å². The Labute approximate surface area is 134 Å². The average Bonchev–Trinajstić information content (AvgIpc) is 2.95. The standard InChI is InChI=1S/C16H21BrN2O2/c1-4-20-15-7-5-6-13(10-17)16(15)21-11-14-8-9-19(18-14)12(2)3/h5-9,12H,4,10-11H2,1-3H3. The van der Waals surface area contributed by atoms with E-state index < -0.39 is 0 Å².